The Balaban J connectivity index is 0.000000963. The molecule has 4 aliphatic rings. The van der Waals surface area contributed by atoms with Crippen molar-refractivity contribution in [3.05, 3.63) is 71.7 Å². The molecule has 43 heavy (non-hydrogen) atoms. The molecule has 4 aromatic rings. The van der Waals surface area contributed by atoms with Crippen LogP contribution in [0, 0.1) is 40.8 Å². The Morgan fingerprint density at radius 3 is 2.42 bits per heavy atom. The van der Waals surface area contributed by atoms with Gasteiger partial charge in [0.1, 0.15) is 34.5 Å². The van der Waals surface area contributed by atoms with Crippen LogP contribution >= 0.6 is 0 Å². The Morgan fingerprint density at radius 2 is 1.79 bits per heavy atom. The van der Waals surface area contributed by atoms with Gasteiger partial charge in [-0.1, -0.05) is 27.7 Å². The number of carboxylic acid groups (broad SMARTS) is 1. The molecule has 4 aliphatic carbocycles. The Bertz CT molecular complexity index is 1760. The highest BCUT2D eigenvalue weighted by Crippen LogP contribution is 2.87. The second-order valence-corrected chi connectivity index (χ2v) is 13.2. The van der Waals surface area contributed by atoms with E-state index >= 15 is 4.39 Å². The number of anilines is 2. The number of rotatable bonds is 5. The van der Waals surface area contributed by atoms with Crippen LogP contribution in [0.3, 0.4) is 0 Å². The van der Waals surface area contributed by atoms with Gasteiger partial charge < -0.3 is 16.2 Å². The number of fused-ring (bicyclic) bond motifs is 1. The van der Waals surface area contributed by atoms with Crippen LogP contribution in [0.25, 0.3) is 16.8 Å². The number of imidazole rings is 1. The van der Waals surface area contributed by atoms with Crippen molar-refractivity contribution in [3.63, 3.8) is 0 Å². The number of nitrogens with one attached hydrogen (secondary N) is 1. The number of nitrogens with zero attached hydrogens (tertiary/aromatic N) is 4. The number of nitrogens with two attached hydrogens (primary N) is 1. The first-order valence-corrected chi connectivity index (χ1v) is 14.8. The minimum absolute atomic E-state index is 0.0435. The fourth-order valence-corrected chi connectivity index (χ4v) is 9.47. The number of hydrogen-bond acceptors (Lipinski definition) is 6. The topological polar surface area (TPSA) is 136 Å². The zero-order valence-electron chi connectivity index (χ0n) is 24.6. The van der Waals surface area contributed by atoms with Crippen molar-refractivity contribution in [1.82, 2.24) is 19.4 Å². The van der Waals surface area contributed by atoms with Crippen LogP contribution in [0.2, 0.25) is 0 Å². The second kappa shape index (κ2) is 9.33. The Morgan fingerprint density at radius 1 is 1.09 bits per heavy atom. The Labute approximate surface area is 248 Å². The van der Waals surface area contributed by atoms with Crippen molar-refractivity contribution in [3.8, 4) is 11.3 Å². The molecule has 4 saturated carbocycles. The van der Waals surface area contributed by atoms with Crippen LogP contribution in [0.1, 0.15) is 68.2 Å². The molecule has 4 atom stereocenters. The lowest BCUT2D eigenvalue weighted by atomic mass is 9.15. The first-order chi connectivity index (χ1) is 20.6. The predicted octanol–water partition coefficient (Wildman–Crippen LogP) is 5.77. The summed E-state index contributed by atoms with van der Waals surface area (Å²) in [6.45, 7) is 9.25. The van der Waals surface area contributed by atoms with Crippen molar-refractivity contribution in [2.24, 2.45) is 35.0 Å². The number of carbonyl (C=O) groups excluding carboxylic acids is 1. The van der Waals surface area contributed by atoms with Gasteiger partial charge in [-0.05, 0) is 89.7 Å². The van der Waals surface area contributed by atoms with E-state index in [1.54, 1.807) is 24.5 Å². The van der Waals surface area contributed by atoms with Crippen LogP contribution in [-0.2, 0) is 10.2 Å². The molecule has 0 spiro atoms. The van der Waals surface area contributed by atoms with Crippen molar-refractivity contribution in [1.29, 1.82) is 0 Å². The summed E-state index contributed by atoms with van der Waals surface area (Å²) in [5.41, 5.74) is 9.50. The third-order valence-corrected chi connectivity index (χ3v) is 11.2. The summed E-state index contributed by atoms with van der Waals surface area (Å²) in [6.07, 6.45) is 7.61. The molecule has 0 saturated heterocycles. The summed E-state index contributed by atoms with van der Waals surface area (Å²) in [4.78, 5) is 35.1. The van der Waals surface area contributed by atoms with Crippen LogP contribution in [0.4, 0.5) is 16.0 Å². The highest BCUT2D eigenvalue weighted by molar-refractivity contribution is 6.04. The standard InChI is InChI=1S/C32H33FN6O.CH2O2/c1-15-23-25-24(31(23,3)4)16(2)32(15,25)30-38-26(27-28(34)36-11-12-39(27)30)20-8-7-19(13-21(20)33)29(40)37-22-14-18(9-10-35-22)17-5-6-17;2-1-3/h7-17,23-25H,5-6H2,1-4H3,(H2,34,36)(H,35,37,40);1H,(H,2,3). The van der Waals surface area contributed by atoms with E-state index in [0.29, 0.717) is 69.3 Å². The molecule has 0 radical (unpaired) electrons. The lowest BCUT2D eigenvalue weighted by molar-refractivity contribution is -0.385. The van der Waals surface area contributed by atoms with Crippen LogP contribution in [-0.4, -0.2) is 36.8 Å². The molecule has 8 rings (SSSR count). The number of amides is 1. The highest BCUT2D eigenvalue weighted by atomic mass is 19.1. The summed E-state index contributed by atoms with van der Waals surface area (Å²) in [6, 6.07) is 8.40. The first kappa shape index (κ1) is 27.5. The van der Waals surface area contributed by atoms with E-state index in [1.807, 2.05) is 22.7 Å². The molecule has 4 N–H and O–H groups in total. The fraction of sp³-hybridized carbons (Fsp3) is 0.424. The number of nitrogen functional groups attached to an aromatic ring is 1. The molecule has 10 heteroatoms. The maximum Gasteiger partial charge on any atom is 0.290 e. The minimum Gasteiger partial charge on any atom is -0.483 e. The number of carbonyl (C=O) groups is 2. The molecule has 0 bridgehead atoms. The number of pyridine rings is 1. The predicted molar refractivity (Wildman–Crippen MR) is 160 cm³/mol. The largest absolute Gasteiger partial charge is 0.483 e. The van der Waals surface area contributed by atoms with E-state index < -0.39 is 11.7 Å². The van der Waals surface area contributed by atoms with Crippen molar-refractivity contribution >= 4 is 29.5 Å². The molecule has 9 nitrogen and oxygen atoms in total. The van der Waals surface area contributed by atoms with E-state index in [2.05, 4.69) is 43.0 Å². The zero-order chi connectivity index (χ0) is 30.4. The van der Waals surface area contributed by atoms with Gasteiger partial charge in [0, 0.05) is 35.1 Å². The van der Waals surface area contributed by atoms with Gasteiger partial charge in [-0.3, -0.25) is 14.0 Å². The minimum atomic E-state index is -0.525. The maximum absolute atomic E-state index is 15.8. The van der Waals surface area contributed by atoms with Gasteiger partial charge in [0.25, 0.3) is 12.4 Å². The number of hydrogen-bond donors (Lipinski definition) is 3. The van der Waals surface area contributed by atoms with E-state index in [1.165, 1.54) is 11.6 Å². The van der Waals surface area contributed by atoms with Gasteiger partial charge in [-0.25, -0.2) is 19.3 Å². The number of aromatic nitrogens is 4. The third-order valence-electron chi connectivity index (χ3n) is 11.2. The fourth-order valence-electron chi connectivity index (χ4n) is 9.47. The molecule has 4 fully saturated rings. The van der Waals surface area contributed by atoms with Crippen LogP contribution < -0.4 is 11.1 Å². The Kier molecular flexibility index (Phi) is 5.96. The molecule has 0 aliphatic heterocycles. The molecule has 3 heterocycles. The van der Waals surface area contributed by atoms with E-state index in [0.717, 1.165) is 18.7 Å². The highest BCUT2D eigenvalue weighted by Gasteiger charge is 2.87. The first-order valence-electron chi connectivity index (χ1n) is 14.8. The summed E-state index contributed by atoms with van der Waals surface area (Å²) in [5.74, 6) is 4.27. The average molecular weight is 583 g/mol. The lowest BCUT2D eigenvalue weighted by Crippen LogP contribution is -2.88. The van der Waals surface area contributed by atoms with E-state index in [4.69, 9.17) is 20.6 Å². The monoisotopic (exact) mass is 582 g/mol. The molecular weight excluding hydrogens is 547 g/mol. The van der Waals surface area contributed by atoms with E-state index in [-0.39, 0.29) is 17.5 Å². The van der Waals surface area contributed by atoms with Gasteiger partial charge in [0.05, 0.1) is 0 Å². The maximum atomic E-state index is 15.8. The number of benzene rings is 1. The smallest absolute Gasteiger partial charge is 0.290 e. The van der Waals surface area contributed by atoms with Crippen LogP contribution in [0.5, 0.6) is 0 Å². The van der Waals surface area contributed by atoms with Crippen molar-refractivity contribution < 1.29 is 19.1 Å². The quantitative estimate of drug-likeness (QED) is 0.254. The number of halogens is 1. The van der Waals surface area contributed by atoms with E-state index in [9.17, 15) is 4.79 Å². The molecule has 3 aromatic heterocycles. The summed E-state index contributed by atoms with van der Waals surface area (Å²) < 4.78 is 17.8. The van der Waals surface area contributed by atoms with Gasteiger partial charge in [0.2, 0.25) is 0 Å². The SMILES string of the molecule is CC1C2C3C(C(C)C13c1nc(-c3ccc(C(=O)Nc4cc(C5CC5)ccn4)cc3F)c3c(N)nccn13)C2(C)C.O=CO. The normalized spacial score (nSPS) is 29.2. The van der Waals surface area contributed by atoms with Crippen molar-refractivity contribution in [2.75, 3.05) is 11.1 Å². The third kappa shape index (κ3) is 3.58. The Hall–Kier alpha value is -4.34. The summed E-state index contributed by atoms with van der Waals surface area (Å²) >= 11 is 0. The average Bonchev–Trinajstić information content (AvgIpc) is 3.74. The summed E-state index contributed by atoms with van der Waals surface area (Å²) in [5, 5.41) is 9.71. The van der Waals surface area contributed by atoms with Gasteiger partial charge >= 0.3 is 0 Å². The molecule has 222 valence electrons. The zero-order valence-corrected chi connectivity index (χ0v) is 24.6. The van der Waals surface area contributed by atoms with Gasteiger partial charge in [-0.15, -0.1) is 0 Å². The van der Waals surface area contributed by atoms with Crippen molar-refractivity contribution in [2.45, 2.75) is 51.9 Å². The molecular formula is C33H35FN6O3. The van der Waals surface area contributed by atoms with Gasteiger partial charge in [-0.2, -0.15) is 0 Å². The molecule has 1 amide bonds. The summed E-state index contributed by atoms with van der Waals surface area (Å²) in [7, 11) is 0. The van der Waals surface area contributed by atoms with Gasteiger partial charge in [0.15, 0.2) is 0 Å². The molecule has 1 aromatic carbocycles. The second-order valence-electron chi connectivity index (χ2n) is 13.2. The molecule has 4 unspecified atom stereocenters. The van der Waals surface area contributed by atoms with Crippen LogP contribution in [0.15, 0.2) is 48.9 Å². The lowest BCUT2D eigenvalue weighted by Gasteiger charge is -2.88.